The van der Waals surface area contributed by atoms with E-state index in [-0.39, 0.29) is 6.54 Å². The lowest BCUT2D eigenvalue weighted by Gasteiger charge is -2.11. The summed E-state index contributed by atoms with van der Waals surface area (Å²) < 4.78 is 29.8. The molecule has 15 heavy (non-hydrogen) atoms. The van der Waals surface area contributed by atoms with Crippen LogP contribution in [0.15, 0.2) is 0 Å². The number of rotatable bonds is 5. The monoisotopic (exact) mass is 223 g/mol. The molecule has 0 radical (unpaired) electrons. The van der Waals surface area contributed by atoms with Crippen molar-refractivity contribution in [3.8, 4) is 0 Å². The van der Waals surface area contributed by atoms with Crippen molar-refractivity contribution in [3.05, 3.63) is 0 Å². The molecule has 1 unspecified atom stereocenters. The lowest BCUT2D eigenvalue weighted by atomic mass is 10.2. The molecule has 0 spiro atoms. The molecule has 0 aromatic rings. The average Bonchev–Trinajstić information content (AvgIpc) is 2.35. The van der Waals surface area contributed by atoms with Gasteiger partial charge in [0.25, 0.3) is 0 Å². The van der Waals surface area contributed by atoms with Gasteiger partial charge in [0.15, 0.2) is 0 Å². The second-order valence-electron chi connectivity index (χ2n) is 3.99. The highest BCUT2D eigenvalue weighted by atomic mass is 19.3. The van der Waals surface area contributed by atoms with E-state index in [0.29, 0.717) is 12.5 Å². The zero-order chi connectivity index (χ0) is 11.5. The molecule has 6 heteroatoms. The summed E-state index contributed by atoms with van der Waals surface area (Å²) >= 11 is 0. The Labute approximate surface area is 86.9 Å². The fourth-order valence-electron chi connectivity index (χ4n) is 1.14. The van der Waals surface area contributed by atoms with E-state index in [1.165, 1.54) is 0 Å². The lowest BCUT2D eigenvalue weighted by Crippen LogP contribution is -2.28. The SMILES string of the molecule is CC(C)CONCC1CC(F)(F)C(=O)O1. The van der Waals surface area contributed by atoms with Gasteiger partial charge in [-0.2, -0.15) is 14.3 Å². The van der Waals surface area contributed by atoms with Crippen LogP contribution >= 0.6 is 0 Å². The quantitative estimate of drug-likeness (QED) is 0.431. The molecule has 1 heterocycles. The van der Waals surface area contributed by atoms with Crippen LogP contribution in [0.5, 0.6) is 0 Å². The van der Waals surface area contributed by atoms with Gasteiger partial charge in [-0.15, -0.1) is 0 Å². The van der Waals surface area contributed by atoms with Gasteiger partial charge in [0.1, 0.15) is 6.10 Å². The van der Waals surface area contributed by atoms with Crippen LogP contribution < -0.4 is 5.48 Å². The summed E-state index contributed by atoms with van der Waals surface area (Å²) in [7, 11) is 0. The van der Waals surface area contributed by atoms with Gasteiger partial charge in [0.05, 0.1) is 19.6 Å². The summed E-state index contributed by atoms with van der Waals surface area (Å²) in [5.74, 6) is -4.44. The van der Waals surface area contributed by atoms with Crippen molar-refractivity contribution in [1.29, 1.82) is 0 Å². The Morgan fingerprint density at radius 1 is 1.67 bits per heavy atom. The number of hydrogen-bond acceptors (Lipinski definition) is 4. The number of hydrogen-bond donors (Lipinski definition) is 1. The van der Waals surface area contributed by atoms with Gasteiger partial charge in [0, 0.05) is 0 Å². The summed E-state index contributed by atoms with van der Waals surface area (Å²) in [4.78, 5) is 15.6. The Balaban J connectivity index is 2.17. The number of esters is 1. The van der Waals surface area contributed by atoms with E-state index in [0.717, 1.165) is 0 Å². The number of hydroxylamine groups is 1. The van der Waals surface area contributed by atoms with Crippen LogP contribution in [0.2, 0.25) is 0 Å². The zero-order valence-corrected chi connectivity index (χ0v) is 8.76. The zero-order valence-electron chi connectivity index (χ0n) is 8.76. The van der Waals surface area contributed by atoms with Crippen molar-refractivity contribution in [2.45, 2.75) is 32.3 Å². The Morgan fingerprint density at radius 3 is 2.80 bits per heavy atom. The highest BCUT2D eigenvalue weighted by Crippen LogP contribution is 2.30. The van der Waals surface area contributed by atoms with Crippen molar-refractivity contribution < 1.29 is 23.1 Å². The molecule has 0 bridgehead atoms. The summed E-state index contributed by atoms with van der Waals surface area (Å²) in [5, 5.41) is 0. The van der Waals surface area contributed by atoms with E-state index in [4.69, 9.17) is 4.84 Å². The molecule has 1 saturated heterocycles. The predicted octanol–water partition coefficient (Wildman–Crippen LogP) is 1.11. The minimum Gasteiger partial charge on any atom is -0.456 e. The van der Waals surface area contributed by atoms with Crippen LogP contribution in [0.25, 0.3) is 0 Å². The van der Waals surface area contributed by atoms with Crippen molar-refractivity contribution >= 4 is 5.97 Å². The molecule has 0 aliphatic carbocycles. The maximum Gasteiger partial charge on any atom is 0.377 e. The summed E-state index contributed by atoms with van der Waals surface area (Å²) in [5.41, 5.74) is 2.51. The maximum absolute atomic E-state index is 12.7. The molecule has 4 nitrogen and oxygen atoms in total. The number of nitrogens with one attached hydrogen (secondary N) is 1. The number of cyclic esters (lactones) is 1. The van der Waals surface area contributed by atoms with Gasteiger partial charge in [-0.05, 0) is 5.92 Å². The van der Waals surface area contributed by atoms with Crippen LogP contribution in [0, 0.1) is 5.92 Å². The maximum atomic E-state index is 12.7. The first kappa shape index (κ1) is 12.3. The van der Waals surface area contributed by atoms with Crippen LogP contribution in [0.3, 0.4) is 0 Å². The molecule has 1 aliphatic rings. The second-order valence-corrected chi connectivity index (χ2v) is 3.99. The van der Waals surface area contributed by atoms with E-state index < -0.39 is 24.4 Å². The second kappa shape index (κ2) is 4.85. The third-order valence-electron chi connectivity index (χ3n) is 1.89. The van der Waals surface area contributed by atoms with Gasteiger partial charge >= 0.3 is 11.9 Å². The summed E-state index contributed by atoms with van der Waals surface area (Å²) in [6, 6.07) is 0. The van der Waals surface area contributed by atoms with Gasteiger partial charge in [-0.3, -0.25) is 0 Å². The van der Waals surface area contributed by atoms with Crippen LogP contribution in [0.4, 0.5) is 8.78 Å². The minimum absolute atomic E-state index is 0.0913. The molecular formula is C9H15F2NO3. The molecule has 88 valence electrons. The van der Waals surface area contributed by atoms with Gasteiger partial charge in [0.2, 0.25) is 0 Å². The fraction of sp³-hybridized carbons (Fsp3) is 0.889. The Hall–Kier alpha value is -0.750. The topological polar surface area (TPSA) is 47.6 Å². The lowest BCUT2D eigenvalue weighted by molar-refractivity contribution is -0.159. The first-order chi connectivity index (χ1) is 6.92. The molecule has 0 aromatic heterocycles. The summed E-state index contributed by atoms with van der Waals surface area (Å²) in [6.45, 7) is 4.50. The number of carbonyl (C=O) groups is 1. The van der Waals surface area contributed by atoms with E-state index in [1.807, 2.05) is 13.8 Å². The normalized spacial score (nSPS) is 24.6. The van der Waals surface area contributed by atoms with Crippen molar-refractivity contribution in [3.63, 3.8) is 0 Å². The highest BCUT2D eigenvalue weighted by Gasteiger charge is 2.50. The Kier molecular flexibility index (Phi) is 3.98. The molecule has 1 N–H and O–H groups in total. The Bertz CT molecular complexity index is 233. The molecule has 0 saturated carbocycles. The average molecular weight is 223 g/mol. The third kappa shape index (κ3) is 3.71. The minimum atomic E-state index is -3.34. The van der Waals surface area contributed by atoms with E-state index in [9.17, 15) is 13.6 Å². The Morgan fingerprint density at radius 2 is 2.33 bits per heavy atom. The van der Waals surface area contributed by atoms with Crippen molar-refractivity contribution in [2.75, 3.05) is 13.2 Å². The number of carbonyl (C=O) groups excluding carboxylic acids is 1. The number of ether oxygens (including phenoxy) is 1. The smallest absolute Gasteiger partial charge is 0.377 e. The van der Waals surface area contributed by atoms with Crippen LogP contribution in [-0.2, 0) is 14.4 Å². The van der Waals surface area contributed by atoms with Crippen LogP contribution in [-0.4, -0.2) is 31.1 Å². The van der Waals surface area contributed by atoms with Crippen molar-refractivity contribution in [2.24, 2.45) is 5.92 Å². The van der Waals surface area contributed by atoms with Crippen LogP contribution in [0.1, 0.15) is 20.3 Å². The molecule has 0 amide bonds. The molecule has 1 atom stereocenters. The van der Waals surface area contributed by atoms with E-state index >= 15 is 0 Å². The highest BCUT2D eigenvalue weighted by molar-refractivity contribution is 5.79. The largest absolute Gasteiger partial charge is 0.456 e. The molecule has 1 rings (SSSR count). The van der Waals surface area contributed by atoms with Crippen molar-refractivity contribution in [1.82, 2.24) is 5.48 Å². The predicted molar refractivity (Wildman–Crippen MR) is 48.2 cm³/mol. The fourth-order valence-corrected chi connectivity index (χ4v) is 1.14. The third-order valence-corrected chi connectivity index (χ3v) is 1.89. The number of alkyl halides is 2. The molecular weight excluding hydrogens is 208 g/mol. The van der Waals surface area contributed by atoms with E-state index in [2.05, 4.69) is 10.2 Å². The molecule has 1 fully saturated rings. The van der Waals surface area contributed by atoms with Gasteiger partial charge < -0.3 is 9.57 Å². The molecule has 1 aliphatic heterocycles. The molecule has 0 aromatic carbocycles. The number of halogens is 2. The van der Waals surface area contributed by atoms with E-state index in [1.54, 1.807) is 0 Å². The van der Waals surface area contributed by atoms with Gasteiger partial charge in [-0.25, -0.2) is 4.79 Å². The standard InChI is InChI=1S/C9H15F2NO3/c1-6(2)5-14-12-4-7-3-9(10,11)8(13)15-7/h6-7,12H,3-5H2,1-2H3. The first-order valence-corrected chi connectivity index (χ1v) is 4.85. The van der Waals surface area contributed by atoms with Gasteiger partial charge in [-0.1, -0.05) is 13.8 Å². The summed E-state index contributed by atoms with van der Waals surface area (Å²) in [6.07, 6.45) is -1.39. The first-order valence-electron chi connectivity index (χ1n) is 4.85.